The first-order chi connectivity index (χ1) is 12.7. The minimum atomic E-state index is -0.325. The zero-order chi connectivity index (χ0) is 18.4. The molecule has 1 aromatic heterocycles. The quantitative estimate of drug-likeness (QED) is 0.326. The number of pyridine rings is 1. The Morgan fingerprint density at radius 2 is 1.92 bits per heavy atom. The van der Waals surface area contributed by atoms with Crippen molar-refractivity contribution in [2.45, 2.75) is 6.61 Å². The van der Waals surface area contributed by atoms with Gasteiger partial charge in [-0.3, -0.25) is 0 Å². The summed E-state index contributed by atoms with van der Waals surface area (Å²) in [5.74, 6) is 0.264. The summed E-state index contributed by atoms with van der Waals surface area (Å²) in [4.78, 5) is 5.95. The number of benzene rings is 2. The number of para-hydroxylation sites is 1. The second-order valence-corrected chi connectivity index (χ2v) is 5.59. The van der Waals surface area contributed by atoms with Crippen molar-refractivity contribution < 1.29 is 14.3 Å². The van der Waals surface area contributed by atoms with Gasteiger partial charge in [0.15, 0.2) is 5.84 Å². The van der Waals surface area contributed by atoms with Crippen LogP contribution in [0.4, 0.5) is 10.1 Å². The van der Waals surface area contributed by atoms with Gasteiger partial charge in [-0.25, -0.2) is 9.37 Å². The molecule has 0 spiro atoms. The van der Waals surface area contributed by atoms with E-state index in [4.69, 9.17) is 4.74 Å². The molecule has 2 aromatic carbocycles. The van der Waals surface area contributed by atoms with Gasteiger partial charge in [0.25, 0.3) is 0 Å². The van der Waals surface area contributed by atoms with Crippen LogP contribution in [0.5, 0.6) is 5.88 Å². The molecule has 0 radical (unpaired) electrons. The summed E-state index contributed by atoms with van der Waals surface area (Å²) in [6.07, 6.45) is 1.59. The second kappa shape index (κ2) is 8.11. The smallest absolute Gasteiger partial charge is 0.224 e. The summed E-state index contributed by atoms with van der Waals surface area (Å²) in [6.45, 7) is 0.148. The van der Waals surface area contributed by atoms with E-state index in [1.807, 2.05) is 30.3 Å². The van der Waals surface area contributed by atoms with Crippen LogP contribution >= 0.6 is 0 Å². The molecule has 5 nitrogen and oxygen atoms in total. The summed E-state index contributed by atoms with van der Waals surface area (Å²) in [5, 5.41) is 13.0. The van der Waals surface area contributed by atoms with Gasteiger partial charge in [-0.1, -0.05) is 35.5 Å². The molecular weight excluding hydrogens is 333 g/mol. The molecule has 0 fully saturated rings. The summed E-state index contributed by atoms with van der Waals surface area (Å²) in [7, 11) is 1.79. The van der Waals surface area contributed by atoms with E-state index in [0.29, 0.717) is 22.8 Å². The molecule has 0 amide bonds. The van der Waals surface area contributed by atoms with E-state index >= 15 is 0 Å². The first-order valence-corrected chi connectivity index (χ1v) is 8.02. The van der Waals surface area contributed by atoms with E-state index < -0.39 is 0 Å². The van der Waals surface area contributed by atoms with Crippen LogP contribution in [0.25, 0.3) is 0 Å². The van der Waals surface area contributed by atoms with Crippen LogP contribution in [0.2, 0.25) is 0 Å². The lowest BCUT2D eigenvalue weighted by Gasteiger charge is -2.21. The zero-order valence-corrected chi connectivity index (χ0v) is 14.2. The van der Waals surface area contributed by atoms with E-state index in [2.05, 4.69) is 10.1 Å². The van der Waals surface area contributed by atoms with Crippen LogP contribution < -0.4 is 9.64 Å². The van der Waals surface area contributed by atoms with Gasteiger partial charge in [-0.2, -0.15) is 0 Å². The Kier molecular flexibility index (Phi) is 5.43. The SMILES string of the molecule is CN(/C(=N\O)c1cccnc1OCc1cccc(F)c1)c1ccccc1. The minimum absolute atomic E-state index is 0.148. The summed E-state index contributed by atoms with van der Waals surface area (Å²) < 4.78 is 19.1. The van der Waals surface area contributed by atoms with Gasteiger partial charge in [0.2, 0.25) is 5.88 Å². The molecule has 0 atom stereocenters. The molecule has 0 saturated carbocycles. The van der Waals surface area contributed by atoms with E-state index in [9.17, 15) is 9.60 Å². The molecule has 6 heteroatoms. The normalized spacial score (nSPS) is 11.2. The van der Waals surface area contributed by atoms with Crippen molar-refractivity contribution in [3.63, 3.8) is 0 Å². The molecule has 0 aliphatic rings. The molecule has 0 unspecified atom stereocenters. The predicted molar refractivity (Wildman–Crippen MR) is 98.1 cm³/mol. The van der Waals surface area contributed by atoms with Gasteiger partial charge in [-0.15, -0.1) is 0 Å². The maximum atomic E-state index is 13.3. The molecule has 0 aliphatic carbocycles. The first kappa shape index (κ1) is 17.4. The fourth-order valence-electron chi connectivity index (χ4n) is 2.53. The number of halogens is 1. The number of hydrogen-bond acceptors (Lipinski definition) is 4. The van der Waals surface area contributed by atoms with Crippen molar-refractivity contribution in [1.29, 1.82) is 0 Å². The van der Waals surface area contributed by atoms with Gasteiger partial charge >= 0.3 is 0 Å². The Bertz CT molecular complexity index is 900. The molecule has 0 bridgehead atoms. The van der Waals surface area contributed by atoms with E-state index in [0.717, 1.165) is 5.69 Å². The molecule has 132 valence electrons. The third-order valence-electron chi connectivity index (χ3n) is 3.83. The van der Waals surface area contributed by atoms with Crippen molar-refractivity contribution in [2.24, 2.45) is 5.16 Å². The third kappa shape index (κ3) is 3.97. The van der Waals surface area contributed by atoms with Crippen molar-refractivity contribution >= 4 is 11.5 Å². The Morgan fingerprint density at radius 1 is 1.12 bits per heavy atom. The Balaban J connectivity index is 1.85. The predicted octanol–water partition coefficient (Wildman–Crippen LogP) is 4.07. The number of ether oxygens (including phenoxy) is 1. The molecular formula is C20H18FN3O2. The fraction of sp³-hybridized carbons (Fsp3) is 0.100. The van der Waals surface area contributed by atoms with E-state index in [-0.39, 0.29) is 12.4 Å². The highest BCUT2D eigenvalue weighted by Crippen LogP contribution is 2.22. The van der Waals surface area contributed by atoms with Crippen LogP contribution in [0.3, 0.4) is 0 Å². The first-order valence-electron chi connectivity index (χ1n) is 8.02. The van der Waals surface area contributed by atoms with Gasteiger partial charge in [-0.05, 0) is 42.0 Å². The average Bonchev–Trinajstić information content (AvgIpc) is 2.68. The average molecular weight is 351 g/mol. The fourth-order valence-corrected chi connectivity index (χ4v) is 2.53. The Labute approximate surface area is 151 Å². The largest absolute Gasteiger partial charge is 0.472 e. The van der Waals surface area contributed by atoms with Gasteiger partial charge in [0, 0.05) is 18.9 Å². The Hall–Kier alpha value is -3.41. The molecule has 0 aliphatic heterocycles. The zero-order valence-electron chi connectivity index (χ0n) is 14.2. The summed E-state index contributed by atoms with van der Waals surface area (Å²) in [6, 6.07) is 19.1. The number of anilines is 1. The van der Waals surface area contributed by atoms with Crippen molar-refractivity contribution in [3.8, 4) is 5.88 Å². The number of hydrogen-bond donors (Lipinski definition) is 1. The number of oxime groups is 1. The monoisotopic (exact) mass is 351 g/mol. The van der Waals surface area contributed by atoms with Gasteiger partial charge < -0.3 is 14.8 Å². The van der Waals surface area contributed by atoms with E-state index in [1.165, 1.54) is 12.1 Å². The minimum Gasteiger partial charge on any atom is -0.472 e. The number of nitrogens with zero attached hydrogens (tertiary/aromatic N) is 3. The lowest BCUT2D eigenvalue weighted by molar-refractivity contribution is 0.291. The summed E-state index contributed by atoms with van der Waals surface area (Å²) >= 11 is 0. The van der Waals surface area contributed by atoms with Crippen LogP contribution in [0.15, 0.2) is 78.1 Å². The lowest BCUT2D eigenvalue weighted by atomic mass is 10.2. The summed E-state index contributed by atoms with van der Waals surface area (Å²) in [5.41, 5.74) is 2.05. The molecule has 1 N–H and O–H groups in total. The molecule has 26 heavy (non-hydrogen) atoms. The molecule has 0 saturated heterocycles. The van der Waals surface area contributed by atoms with Crippen LogP contribution in [0, 0.1) is 5.82 Å². The third-order valence-corrected chi connectivity index (χ3v) is 3.83. The van der Waals surface area contributed by atoms with Crippen molar-refractivity contribution in [2.75, 3.05) is 11.9 Å². The molecule has 3 aromatic rings. The topological polar surface area (TPSA) is 58.0 Å². The van der Waals surface area contributed by atoms with Crippen LogP contribution in [-0.2, 0) is 6.61 Å². The van der Waals surface area contributed by atoms with Gasteiger partial charge in [0.1, 0.15) is 12.4 Å². The number of rotatable bonds is 5. The number of amidine groups is 1. The molecule has 1 heterocycles. The maximum Gasteiger partial charge on any atom is 0.224 e. The number of aromatic nitrogens is 1. The van der Waals surface area contributed by atoms with Crippen LogP contribution in [-0.4, -0.2) is 23.1 Å². The maximum absolute atomic E-state index is 13.3. The standard InChI is InChI=1S/C20H18FN3O2/c1-24(17-9-3-2-4-10-17)19(23-25)18-11-6-12-22-20(18)26-14-15-7-5-8-16(21)13-15/h2-13,25H,14H2,1H3/b23-19-. The van der Waals surface area contributed by atoms with E-state index in [1.54, 1.807) is 42.4 Å². The molecule has 3 rings (SSSR count). The highest BCUT2D eigenvalue weighted by molar-refractivity contribution is 6.10. The highest BCUT2D eigenvalue weighted by Gasteiger charge is 2.18. The van der Waals surface area contributed by atoms with Crippen molar-refractivity contribution in [3.05, 3.63) is 89.9 Å². The van der Waals surface area contributed by atoms with Crippen LogP contribution in [0.1, 0.15) is 11.1 Å². The van der Waals surface area contributed by atoms with Crippen molar-refractivity contribution in [1.82, 2.24) is 4.98 Å². The van der Waals surface area contributed by atoms with Gasteiger partial charge in [0.05, 0.1) is 5.56 Å². The second-order valence-electron chi connectivity index (χ2n) is 5.59. The Morgan fingerprint density at radius 3 is 2.65 bits per heavy atom. The lowest BCUT2D eigenvalue weighted by Crippen LogP contribution is -2.28. The highest BCUT2D eigenvalue weighted by atomic mass is 19.1.